The Morgan fingerprint density at radius 3 is 3.04 bits per heavy atom. The fraction of sp³-hybridized carbons (Fsp3) is 0.300. The van der Waals surface area contributed by atoms with Crippen molar-refractivity contribution in [1.82, 2.24) is 15.6 Å². The van der Waals surface area contributed by atoms with E-state index in [0.717, 1.165) is 18.4 Å². The van der Waals surface area contributed by atoms with E-state index in [0.29, 0.717) is 36.5 Å². The number of aromatic nitrogens is 1. The van der Waals surface area contributed by atoms with Crippen LogP contribution >= 0.6 is 0 Å². The van der Waals surface area contributed by atoms with Crippen LogP contribution in [0.2, 0.25) is 0 Å². The van der Waals surface area contributed by atoms with Crippen molar-refractivity contribution in [3.63, 3.8) is 0 Å². The molecule has 1 atom stereocenters. The molecule has 0 radical (unpaired) electrons. The predicted molar refractivity (Wildman–Crippen MR) is 101 cm³/mol. The van der Waals surface area contributed by atoms with E-state index in [1.54, 1.807) is 36.5 Å². The van der Waals surface area contributed by atoms with Crippen LogP contribution in [0.25, 0.3) is 0 Å². The van der Waals surface area contributed by atoms with Crippen LogP contribution in [0.3, 0.4) is 0 Å². The number of carbonyl (C=O) groups excluding carboxylic acids is 2. The molecule has 2 aromatic rings. The quantitative estimate of drug-likeness (QED) is 0.753. The van der Waals surface area contributed by atoms with Gasteiger partial charge in [0.15, 0.2) is 0 Å². The van der Waals surface area contributed by atoms with Crippen LogP contribution in [0.4, 0.5) is 5.82 Å². The first-order valence-corrected chi connectivity index (χ1v) is 8.94. The summed E-state index contributed by atoms with van der Waals surface area (Å²) in [6.45, 7) is 1.08. The molecule has 2 heterocycles. The lowest BCUT2D eigenvalue weighted by atomic mass is 10.1. The molecule has 3 rings (SSSR count). The molecule has 1 aromatic heterocycles. The maximum absolute atomic E-state index is 12.5. The Morgan fingerprint density at radius 1 is 1.30 bits per heavy atom. The van der Waals surface area contributed by atoms with Crippen LogP contribution in [-0.2, 0) is 11.3 Å². The molecule has 7 nitrogen and oxygen atoms in total. The Morgan fingerprint density at radius 2 is 2.19 bits per heavy atom. The number of rotatable bonds is 5. The molecular formula is C20H21N5O2. The standard InChI is InChI=1S/C20H21N5O2/c21-12-16-7-4-10-22-18(16)24-13-14-5-3-6-15(11-14)19(26)25-17-8-1-2-9-23-20(17)27/h3-7,10-11,17H,1-2,8-9,13H2,(H,22,24)(H,23,27)(H,25,26)/t17-/m1/s1. The lowest BCUT2D eigenvalue weighted by Gasteiger charge is -2.15. The SMILES string of the molecule is N#Cc1cccnc1NCc1cccc(C(=O)N[C@@H]2CCCCNC2=O)c1. The van der Waals surface area contributed by atoms with Crippen molar-refractivity contribution < 1.29 is 9.59 Å². The Bertz CT molecular complexity index is 875. The van der Waals surface area contributed by atoms with Gasteiger partial charge in [-0.15, -0.1) is 0 Å². The van der Waals surface area contributed by atoms with Gasteiger partial charge >= 0.3 is 0 Å². The minimum absolute atomic E-state index is 0.127. The summed E-state index contributed by atoms with van der Waals surface area (Å²) in [6, 6.07) is 12.2. The highest BCUT2D eigenvalue weighted by molar-refractivity contribution is 5.97. The molecule has 0 unspecified atom stereocenters. The van der Waals surface area contributed by atoms with Crippen LogP contribution in [0.5, 0.6) is 0 Å². The Labute approximate surface area is 157 Å². The summed E-state index contributed by atoms with van der Waals surface area (Å²) in [6.07, 6.45) is 4.09. The molecular weight excluding hydrogens is 342 g/mol. The maximum Gasteiger partial charge on any atom is 0.251 e. The summed E-state index contributed by atoms with van der Waals surface area (Å²) in [5.74, 6) is 0.109. The molecule has 138 valence electrons. The van der Waals surface area contributed by atoms with Gasteiger partial charge in [0, 0.05) is 24.8 Å². The number of anilines is 1. The van der Waals surface area contributed by atoms with Crippen molar-refractivity contribution >= 4 is 17.6 Å². The molecule has 27 heavy (non-hydrogen) atoms. The zero-order chi connectivity index (χ0) is 19.1. The topological polar surface area (TPSA) is 107 Å². The second-order valence-corrected chi connectivity index (χ2v) is 6.38. The van der Waals surface area contributed by atoms with Crippen molar-refractivity contribution in [2.24, 2.45) is 0 Å². The number of nitrogens with zero attached hydrogens (tertiary/aromatic N) is 2. The lowest BCUT2D eigenvalue weighted by Crippen LogP contribution is -2.45. The maximum atomic E-state index is 12.5. The molecule has 0 spiro atoms. The number of carbonyl (C=O) groups is 2. The van der Waals surface area contributed by atoms with E-state index in [4.69, 9.17) is 5.26 Å². The van der Waals surface area contributed by atoms with E-state index in [1.165, 1.54) is 0 Å². The van der Waals surface area contributed by atoms with E-state index >= 15 is 0 Å². The Kier molecular flexibility index (Phi) is 6.00. The molecule has 0 bridgehead atoms. The molecule has 1 aromatic carbocycles. The van der Waals surface area contributed by atoms with Crippen LogP contribution in [0.15, 0.2) is 42.6 Å². The van der Waals surface area contributed by atoms with Crippen molar-refractivity contribution in [3.05, 3.63) is 59.3 Å². The van der Waals surface area contributed by atoms with Gasteiger partial charge in [0.1, 0.15) is 17.9 Å². The second-order valence-electron chi connectivity index (χ2n) is 6.38. The number of benzene rings is 1. The third-order valence-corrected chi connectivity index (χ3v) is 4.42. The highest BCUT2D eigenvalue weighted by Gasteiger charge is 2.22. The van der Waals surface area contributed by atoms with Gasteiger partial charge in [-0.1, -0.05) is 12.1 Å². The van der Waals surface area contributed by atoms with Gasteiger partial charge in [-0.2, -0.15) is 5.26 Å². The second kappa shape index (κ2) is 8.81. The largest absolute Gasteiger partial charge is 0.365 e. The fourth-order valence-corrected chi connectivity index (χ4v) is 2.96. The van der Waals surface area contributed by atoms with E-state index in [1.807, 2.05) is 6.07 Å². The third kappa shape index (κ3) is 4.82. The zero-order valence-electron chi connectivity index (χ0n) is 14.9. The summed E-state index contributed by atoms with van der Waals surface area (Å²) < 4.78 is 0. The van der Waals surface area contributed by atoms with E-state index < -0.39 is 6.04 Å². The number of amides is 2. The highest BCUT2D eigenvalue weighted by atomic mass is 16.2. The molecule has 3 N–H and O–H groups in total. The minimum atomic E-state index is -0.492. The molecule has 0 aliphatic carbocycles. The van der Waals surface area contributed by atoms with Crippen LogP contribution in [-0.4, -0.2) is 29.4 Å². The fourth-order valence-electron chi connectivity index (χ4n) is 2.96. The van der Waals surface area contributed by atoms with Crippen molar-refractivity contribution in [3.8, 4) is 6.07 Å². The van der Waals surface area contributed by atoms with Crippen LogP contribution < -0.4 is 16.0 Å². The van der Waals surface area contributed by atoms with Crippen LogP contribution in [0.1, 0.15) is 40.7 Å². The van der Waals surface area contributed by atoms with E-state index in [9.17, 15) is 9.59 Å². The third-order valence-electron chi connectivity index (χ3n) is 4.42. The van der Waals surface area contributed by atoms with Crippen molar-refractivity contribution in [1.29, 1.82) is 5.26 Å². The van der Waals surface area contributed by atoms with E-state index in [-0.39, 0.29) is 11.8 Å². The molecule has 1 fully saturated rings. The minimum Gasteiger partial charge on any atom is -0.365 e. The summed E-state index contributed by atoms with van der Waals surface area (Å²) >= 11 is 0. The number of nitrogens with one attached hydrogen (secondary N) is 3. The Hall–Kier alpha value is -3.40. The van der Waals surface area contributed by atoms with E-state index in [2.05, 4.69) is 27.0 Å². The van der Waals surface area contributed by atoms with Gasteiger partial charge in [0.2, 0.25) is 5.91 Å². The Balaban J connectivity index is 1.65. The molecule has 7 heteroatoms. The number of nitriles is 1. The summed E-state index contributed by atoms with van der Waals surface area (Å²) in [4.78, 5) is 28.7. The molecule has 1 saturated heterocycles. The van der Waals surface area contributed by atoms with Gasteiger partial charge in [-0.25, -0.2) is 4.98 Å². The molecule has 1 aliphatic heterocycles. The van der Waals surface area contributed by atoms with Crippen molar-refractivity contribution in [2.45, 2.75) is 31.8 Å². The number of hydrogen-bond donors (Lipinski definition) is 3. The average molecular weight is 363 g/mol. The smallest absolute Gasteiger partial charge is 0.251 e. The summed E-state index contributed by atoms with van der Waals surface area (Å²) in [7, 11) is 0. The van der Waals surface area contributed by atoms with Crippen LogP contribution in [0, 0.1) is 11.3 Å². The average Bonchev–Trinajstić information content (AvgIpc) is 2.91. The summed E-state index contributed by atoms with van der Waals surface area (Å²) in [5, 5.41) is 17.9. The van der Waals surface area contributed by atoms with Crippen molar-refractivity contribution in [2.75, 3.05) is 11.9 Å². The predicted octanol–water partition coefficient (Wildman–Crippen LogP) is 1.96. The van der Waals surface area contributed by atoms with Gasteiger partial charge < -0.3 is 16.0 Å². The first kappa shape index (κ1) is 18.4. The molecule has 2 amide bonds. The number of hydrogen-bond acceptors (Lipinski definition) is 5. The molecule has 0 saturated carbocycles. The van der Waals surface area contributed by atoms with Gasteiger partial charge in [-0.05, 0) is 49.1 Å². The lowest BCUT2D eigenvalue weighted by molar-refractivity contribution is -0.122. The number of pyridine rings is 1. The first-order valence-electron chi connectivity index (χ1n) is 8.94. The van der Waals surface area contributed by atoms with Gasteiger partial charge in [0.05, 0.1) is 5.56 Å². The highest BCUT2D eigenvalue weighted by Crippen LogP contribution is 2.13. The first-order chi connectivity index (χ1) is 13.2. The molecule has 1 aliphatic rings. The normalized spacial score (nSPS) is 16.6. The van der Waals surface area contributed by atoms with Gasteiger partial charge in [-0.3, -0.25) is 9.59 Å². The zero-order valence-corrected chi connectivity index (χ0v) is 14.9. The monoisotopic (exact) mass is 363 g/mol. The summed E-state index contributed by atoms with van der Waals surface area (Å²) in [5.41, 5.74) is 1.83. The van der Waals surface area contributed by atoms with Gasteiger partial charge in [0.25, 0.3) is 5.91 Å².